The van der Waals surface area contributed by atoms with Gasteiger partial charge in [0, 0.05) is 25.1 Å². The first-order chi connectivity index (χ1) is 9.76. The SMILES string of the molecule is CC(C)(C)OC(=O)N1CCC[C@H]1Cc1cc(C(=O)O)on1. The van der Waals surface area contributed by atoms with Crippen LogP contribution in [0.2, 0.25) is 0 Å². The number of amides is 1. The maximum absolute atomic E-state index is 12.1. The largest absolute Gasteiger partial charge is 0.475 e. The quantitative estimate of drug-likeness (QED) is 0.920. The van der Waals surface area contributed by atoms with Gasteiger partial charge in [0.15, 0.2) is 0 Å². The van der Waals surface area contributed by atoms with Gasteiger partial charge in [-0.2, -0.15) is 0 Å². The van der Waals surface area contributed by atoms with E-state index in [9.17, 15) is 9.59 Å². The van der Waals surface area contributed by atoms with Gasteiger partial charge in [-0.1, -0.05) is 5.16 Å². The van der Waals surface area contributed by atoms with E-state index in [0.29, 0.717) is 18.7 Å². The van der Waals surface area contributed by atoms with Crippen molar-refractivity contribution in [3.63, 3.8) is 0 Å². The Balaban J connectivity index is 2.01. The number of hydrogen-bond acceptors (Lipinski definition) is 5. The maximum atomic E-state index is 12.1. The lowest BCUT2D eigenvalue weighted by molar-refractivity contribution is 0.0225. The van der Waals surface area contributed by atoms with E-state index in [-0.39, 0.29) is 17.9 Å². The minimum absolute atomic E-state index is 0.0356. The molecule has 0 aromatic carbocycles. The summed E-state index contributed by atoms with van der Waals surface area (Å²) in [5.41, 5.74) is 0.00191. The third-order valence-corrected chi connectivity index (χ3v) is 3.22. The van der Waals surface area contributed by atoms with Crippen LogP contribution in [0.4, 0.5) is 4.79 Å². The highest BCUT2D eigenvalue weighted by Gasteiger charge is 2.32. The average Bonchev–Trinajstić information content (AvgIpc) is 2.96. The molecule has 0 unspecified atom stereocenters. The minimum Gasteiger partial charge on any atom is -0.475 e. The number of aromatic nitrogens is 1. The van der Waals surface area contributed by atoms with E-state index in [1.54, 1.807) is 4.90 Å². The summed E-state index contributed by atoms with van der Waals surface area (Å²) in [6.07, 6.45) is 1.87. The van der Waals surface area contributed by atoms with E-state index >= 15 is 0 Å². The lowest BCUT2D eigenvalue weighted by atomic mass is 10.1. The molecule has 1 aliphatic rings. The van der Waals surface area contributed by atoms with Crippen molar-refractivity contribution in [2.75, 3.05) is 6.54 Å². The Morgan fingerprint density at radius 3 is 2.81 bits per heavy atom. The molecule has 7 heteroatoms. The second-order valence-corrected chi connectivity index (χ2v) is 6.16. The first kappa shape index (κ1) is 15.3. The molecule has 2 rings (SSSR count). The number of carboxylic acid groups (broad SMARTS) is 1. The molecular formula is C14H20N2O5. The van der Waals surface area contributed by atoms with E-state index in [1.807, 2.05) is 20.8 Å². The van der Waals surface area contributed by atoms with Crippen molar-refractivity contribution in [1.82, 2.24) is 10.1 Å². The Morgan fingerprint density at radius 1 is 1.52 bits per heavy atom. The molecule has 2 heterocycles. The predicted octanol–water partition coefficient (Wildman–Crippen LogP) is 2.31. The number of aromatic carboxylic acids is 1. The topological polar surface area (TPSA) is 92.9 Å². The molecule has 1 aromatic heterocycles. The summed E-state index contributed by atoms with van der Waals surface area (Å²) >= 11 is 0. The van der Waals surface area contributed by atoms with Gasteiger partial charge in [0.25, 0.3) is 0 Å². The zero-order chi connectivity index (χ0) is 15.6. The molecule has 116 valence electrons. The van der Waals surface area contributed by atoms with E-state index in [2.05, 4.69) is 5.16 Å². The normalized spacial score (nSPS) is 18.8. The number of nitrogens with zero attached hydrogens (tertiary/aromatic N) is 2. The summed E-state index contributed by atoms with van der Waals surface area (Å²) in [5, 5.41) is 12.5. The molecular weight excluding hydrogens is 276 g/mol. The second-order valence-electron chi connectivity index (χ2n) is 6.16. The molecule has 0 radical (unpaired) electrons. The highest BCUT2D eigenvalue weighted by molar-refractivity contribution is 5.84. The molecule has 7 nitrogen and oxygen atoms in total. The summed E-state index contributed by atoms with van der Waals surface area (Å²) in [4.78, 5) is 24.6. The molecule has 1 amide bonds. The number of carbonyl (C=O) groups is 2. The van der Waals surface area contributed by atoms with Crippen LogP contribution in [0.15, 0.2) is 10.6 Å². The first-order valence-electron chi connectivity index (χ1n) is 6.95. The lowest BCUT2D eigenvalue weighted by Crippen LogP contribution is -2.40. The summed E-state index contributed by atoms with van der Waals surface area (Å²) in [6, 6.07) is 1.36. The third-order valence-electron chi connectivity index (χ3n) is 3.22. The molecule has 1 atom stereocenters. The van der Waals surface area contributed by atoms with Gasteiger partial charge < -0.3 is 19.3 Å². The van der Waals surface area contributed by atoms with Crippen LogP contribution in [0.5, 0.6) is 0 Å². The van der Waals surface area contributed by atoms with E-state index in [1.165, 1.54) is 6.07 Å². The van der Waals surface area contributed by atoms with Gasteiger partial charge >= 0.3 is 12.1 Å². The Kier molecular flexibility index (Phi) is 4.20. The number of ether oxygens (including phenoxy) is 1. The van der Waals surface area contributed by atoms with Gasteiger partial charge in [0.2, 0.25) is 5.76 Å². The number of carboxylic acids is 1. The van der Waals surface area contributed by atoms with Crippen molar-refractivity contribution in [3.05, 3.63) is 17.5 Å². The van der Waals surface area contributed by atoms with Gasteiger partial charge in [-0.15, -0.1) is 0 Å². The van der Waals surface area contributed by atoms with Crippen LogP contribution in [0.3, 0.4) is 0 Å². The maximum Gasteiger partial charge on any atom is 0.410 e. The standard InChI is InChI=1S/C14H20N2O5/c1-14(2,3)20-13(19)16-6-4-5-10(16)7-9-8-11(12(17)18)21-15-9/h8,10H,4-7H2,1-3H3,(H,17,18)/t10-/m0/s1. The van der Waals surface area contributed by atoms with Crippen molar-refractivity contribution in [3.8, 4) is 0 Å². The Hall–Kier alpha value is -2.05. The fourth-order valence-electron chi connectivity index (χ4n) is 2.36. The van der Waals surface area contributed by atoms with Crippen LogP contribution >= 0.6 is 0 Å². The summed E-state index contributed by atoms with van der Waals surface area (Å²) in [7, 11) is 0. The second kappa shape index (κ2) is 5.75. The predicted molar refractivity (Wildman–Crippen MR) is 73.1 cm³/mol. The number of hydrogen-bond donors (Lipinski definition) is 1. The summed E-state index contributed by atoms with van der Waals surface area (Å²) < 4.78 is 10.1. The van der Waals surface area contributed by atoms with Gasteiger partial charge in [-0.25, -0.2) is 9.59 Å². The summed E-state index contributed by atoms with van der Waals surface area (Å²) in [5.74, 6) is -1.34. The minimum atomic E-state index is -1.15. The molecule has 0 spiro atoms. The summed E-state index contributed by atoms with van der Waals surface area (Å²) in [6.45, 7) is 6.12. The van der Waals surface area contributed by atoms with Crippen molar-refractivity contribution in [2.24, 2.45) is 0 Å². The average molecular weight is 296 g/mol. The molecule has 1 aliphatic heterocycles. The number of rotatable bonds is 3. The molecule has 21 heavy (non-hydrogen) atoms. The fraction of sp³-hybridized carbons (Fsp3) is 0.643. The zero-order valence-electron chi connectivity index (χ0n) is 12.5. The Bertz CT molecular complexity index is 532. The molecule has 0 aliphatic carbocycles. The van der Waals surface area contributed by atoms with Gasteiger partial charge in [-0.3, -0.25) is 0 Å². The van der Waals surface area contributed by atoms with Crippen LogP contribution in [0, 0.1) is 0 Å². The fourth-order valence-corrected chi connectivity index (χ4v) is 2.36. The zero-order valence-corrected chi connectivity index (χ0v) is 12.5. The monoisotopic (exact) mass is 296 g/mol. The first-order valence-corrected chi connectivity index (χ1v) is 6.95. The lowest BCUT2D eigenvalue weighted by Gasteiger charge is -2.28. The Labute approximate surface area is 122 Å². The highest BCUT2D eigenvalue weighted by Crippen LogP contribution is 2.23. The number of carbonyl (C=O) groups excluding carboxylic acids is 1. The molecule has 0 saturated carbocycles. The Morgan fingerprint density at radius 2 is 2.24 bits per heavy atom. The van der Waals surface area contributed by atoms with Crippen molar-refractivity contribution in [2.45, 2.75) is 51.7 Å². The van der Waals surface area contributed by atoms with Gasteiger partial charge in [0.1, 0.15) is 5.60 Å². The molecule has 1 fully saturated rings. The molecule has 0 bridgehead atoms. The van der Waals surface area contributed by atoms with Crippen LogP contribution < -0.4 is 0 Å². The van der Waals surface area contributed by atoms with Crippen LogP contribution in [0.25, 0.3) is 0 Å². The molecule has 1 N–H and O–H groups in total. The van der Waals surface area contributed by atoms with Crippen LogP contribution in [-0.2, 0) is 11.2 Å². The van der Waals surface area contributed by atoms with Crippen LogP contribution in [-0.4, -0.2) is 45.4 Å². The smallest absolute Gasteiger partial charge is 0.410 e. The number of likely N-dealkylation sites (tertiary alicyclic amines) is 1. The van der Waals surface area contributed by atoms with Crippen molar-refractivity contribution >= 4 is 12.1 Å². The molecule has 1 aromatic rings. The van der Waals surface area contributed by atoms with E-state index in [0.717, 1.165) is 12.8 Å². The third kappa shape index (κ3) is 3.96. The van der Waals surface area contributed by atoms with Crippen molar-refractivity contribution < 1.29 is 24.0 Å². The van der Waals surface area contributed by atoms with Crippen molar-refractivity contribution in [1.29, 1.82) is 0 Å². The van der Waals surface area contributed by atoms with E-state index in [4.69, 9.17) is 14.4 Å². The van der Waals surface area contributed by atoms with E-state index < -0.39 is 11.6 Å². The van der Waals surface area contributed by atoms with Crippen LogP contribution in [0.1, 0.15) is 49.9 Å². The molecule has 1 saturated heterocycles. The highest BCUT2D eigenvalue weighted by atomic mass is 16.6. The van der Waals surface area contributed by atoms with Gasteiger partial charge in [0.05, 0.1) is 5.69 Å². The van der Waals surface area contributed by atoms with Gasteiger partial charge in [-0.05, 0) is 33.6 Å².